The lowest BCUT2D eigenvalue weighted by Crippen LogP contribution is -2.41. The van der Waals surface area contributed by atoms with Crippen molar-refractivity contribution in [1.82, 2.24) is 0 Å². The lowest BCUT2D eigenvalue weighted by atomic mass is 10.0. The molecule has 0 aromatic heterocycles. The minimum atomic E-state index is -4.84. The number of hydrogen-bond acceptors (Lipinski definition) is 5. The van der Waals surface area contributed by atoms with Crippen LogP contribution in [0.4, 0.5) is 26.3 Å². The zero-order chi connectivity index (χ0) is 22.0. The summed E-state index contributed by atoms with van der Waals surface area (Å²) in [5.74, 6) is -0.339. The molecule has 0 saturated carbocycles. The highest BCUT2D eigenvalue weighted by Gasteiger charge is 2.44. The Morgan fingerprint density at radius 1 is 0.786 bits per heavy atom. The molecule has 0 rings (SSSR count). The molecule has 0 aliphatic heterocycles. The van der Waals surface area contributed by atoms with Crippen LogP contribution in [-0.2, 0) is 14.3 Å². The highest BCUT2D eigenvalue weighted by Crippen LogP contribution is 2.27. The van der Waals surface area contributed by atoms with Crippen LogP contribution in [0.1, 0.15) is 52.4 Å². The predicted octanol–water partition coefficient (Wildman–Crippen LogP) is 3.55. The van der Waals surface area contributed by atoms with Crippen molar-refractivity contribution in [2.24, 2.45) is 0 Å². The van der Waals surface area contributed by atoms with E-state index < -0.39 is 36.8 Å². The molecule has 0 fully saturated rings. The van der Waals surface area contributed by atoms with Gasteiger partial charge >= 0.3 is 12.4 Å². The molecule has 11 heteroatoms. The minimum absolute atomic E-state index is 0.0356. The summed E-state index contributed by atoms with van der Waals surface area (Å²) in [6, 6.07) is 0. The van der Waals surface area contributed by atoms with Crippen molar-refractivity contribution in [3.05, 3.63) is 0 Å². The van der Waals surface area contributed by atoms with Gasteiger partial charge in [-0.15, -0.1) is 0 Å². The Kier molecular flexibility index (Phi) is 12.2. The summed E-state index contributed by atoms with van der Waals surface area (Å²) >= 11 is 0. The number of Topliss-reactive ketones (excluding diaryl/α,β-unsaturated/α-hetero) is 1. The molecule has 0 aliphatic rings. The van der Waals surface area contributed by atoms with Crippen LogP contribution in [-0.4, -0.2) is 66.0 Å². The molecule has 168 valence electrons. The van der Waals surface area contributed by atoms with Gasteiger partial charge in [0, 0.05) is 26.1 Å². The Morgan fingerprint density at radius 3 is 1.36 bits per heavy atom. The molecule has 0 amide bonds. The highest BCUT2D eigenvalue weighted by molar-refractivity contribution is 5.78. The van der Waals surface area contributed by atoms with Crippen LogP contribution in [0.2, 0.25) is 0 Å². The van der Waals surface area contributed by atoms with Gasteiger partial charge in [-0.05, 0) is 39.5 Å². The van der Waals surface area contributed by atoms with Crippen molar-refractivity contribution < 1.29 is 50.8 Å². The van der Waals surface area contributed by atoms with E-state index in [1.807, 2.05) is 0 Å². The van der Waals surface area contributed by atoms with E-state index >= 15 is 0 Å². The largest absolute Gasteiger partial charge is 0.416 e. The second-order valence-corrected chi connectivity index (χ2v) is 6.28. The number of rotatable bonds is 14. The first kappa shape index (κ1) is 27.1. The van der Waals surface area contributed by atoms with Gasteiger partial charge in [0.2, 0.25) is 0 Å². The molecule has 5 nitrogen and oxygen atoms in total. The number of aliphatic hydroxyl groups is 2. The van der Waals surface area contributed by atoms with E-state index in [-0.39, 0.29) is 57.5 Å². The molecule has 2 N–H and O–H groups in total. The SMILES string of the molecule is CCOC(CCCC(=O)CCCC(OCC)[C@H](O)C(F)(F)F)[C@H](O)C(F)(F)F. The van der Waals surface area contributed by atoms with Gasteiger partial charge in [0.05, 0.1) is 12.2 Å². The number of carbonyl (C=O) groups excluding carboxylic acids is 1. The molecule has 0 radical (unpaired) electrons. The van der Waals surface area contributed by atoms with Gasteiger partial charge in [-0.2, -0.15) is 26.3 Å². The maximum absolute atomic E-state index is 12.6. The zero-order valence-corrected chi connectivity index (χ0v) is 15.9. The van der Waals surface area contributed by atoms with Crippen molar-refractivity contribution in [2.45, 2.75) is 89.1 Å². The molecule has 0 saturated heterocycles. The van der Waals surface area contributed by atoms with Gasteiger partial charge < -0.3 is 19.7 Å². The van der Waals surface area contributed by atoms with Crippen LogP contribution in [0.3, 0.4) is 0 Å². The molecular weight excluding hydrogens is 398 g/mol. The number of alkyl halides is 6. The van der Waals surface area contributed by atoms with Crippen LogP contribution in [0.25, 0.3) is 0 Å². The molecule has 0 aliphatic carbocycles. The summed E-state index contributed by atoms with van der Waals surface area (Å²) in [5.41, 5.74) is 0. The van der Waals surface area contributed by atoms with Crippen molar-refractivity contribution in [1.29, 1.82) is 0 Å². The monoisotopic (exact) mass is 426 g/mol. The quantitative estimate of drug-likeness (QED) is 0.416. The van der Waals surface area contributed by atoms with Crippen LogP contribution in [0, 0.1) is 0 Å². The van der Waals surface area contributed by atoms with Crippen molar-refractivity contribution >= 4 is 5.78 Å². The average Bonchev–Trinajstić information content (AvgIpc) is 2.57. The topological polar surface area (TPSA) is 76.0 Å². The third kappa shape index (κ3) is 10.6. The fourth-order valence-corrected chi connectivity index (χ4v) is 2.64. The Labute approximate surface area is 160 Å². The standard InChI is InChI=1S/C17H28F6O5/c1-3-27-12(14(25)16(18,19)20)9-5-7-11(24)8-6-10-13(28-4-2)15(26)17(21,22)23/h12-15,25-26H,3-10H2,1-2H3/t12?,13?,14-,15-/m0/s1. The normalized spacial score (nSPS) is 17.2. The summed E-state index contributed by atoms with van der Waals surface area (Å²) < 4.78 is 85.1. The molecule has 0 spiro atoms. The number of ether oxygens (including phenoxy) is 2. The fraction of sp³-hybridized carbons (Fsp3) is 0.941. The van der Waals surface area contributed by atoms with Gasteiger partial charge in [-0.25, -0.2) is 0 Å². The van der Waals surface area contributed by atoms with E-state index in [0.717, 1.165) is 0 Å². The fourth-order valence-electron chi connectivity index (χ4n) is 2.64. The smallest absolute Gasteiger partial charge is 0.381 e. The number of hydrogen-bond donors (Lipinski definition) is 2. The number of aliphatic hydroxyl groups excluding tert-OH is 2. The second-order valence-electron chi connectivity index (χ2n) is 6.28. The highest BCUT2D eigenvalue weighted by atomic mass is 19.4. The van der Waals surface area contributed by atoms with Gasteiger partial charge in [-0.3, -0.25) is 4.79 Å². The van der Waals surface area contributed by atoms with Crippen molar-refractivity contribution in [3.8, 4) is 0 Å². The zero-order valence-electron chi connectivity index (χ0n) is 15.9. The summed E-state index contributed by atoms with van der Waals surface area (Å²) in [4.78, 5) is 11.8. The van der Waals surface area contributed by atoms with Gasteiger partial charge in [0.25, 0.3) is 0 Å². The average molecular weight is 426 g/mol. The van der Waals surface area contributed by atoms with E-state index in [2.05, 4.69) is 0 Å². The Morgan fingerprint density at radius 2 is 1.11 bits per heavy atom. The first-order valence-electron chi connectivity index (χ1n) is 9.09. The Balaban J connectivity index is 4.36. The molecule has 0 heterocycles. The van der Waals surface area contributed by atoms with Gasteiger partial charge in [0.15, 0.2) is 12.2 Å². The maximum atomic E-state index is 12.6. The van der Waals surface area contributed by atoms with Crippen LogP contribution < -0.4 is 0 Å². The second kappa shape index (κ2) is 12.6. The van der Waals surface area contributed by atoms with E-state index in [0.29, 0.717) is 0 Å². The lowest BCUT2D eigenvalue weighted by Gasteiger charge is -2.25. The van der Waals surface area contributed by atoms with Crippen LogP contribution in [0.15, 0.2) is 0 Å². The minimum Gasteiger partial charge on any atom is -0.381 e. The van der Waals surface area contributed by atoms with Gasteiger partial charge in [0.1, 0.15) is 5.78 Å². The maximum Gasteiger partial charge on any atom is 0.416 e. The molecular formula is C17H28F6O5. The predicted molar refractivity (Wildman–Crippen MR) is 87.7 cm³/mol. The summed E-state index contributed by atoms with van der Waals surface area (Å²) in [5, 5.41) is 18.5. The molecule has 0 aromatic carbocycles. The van der Waals surface area contributed by atoms with Crippen molar-refractivity contribution in [2.75, 3.05) is 13.2 Å². The molecule has 2 unspecified atom stereocenters. The number of ketones is 1. The summed E-state index contributed by atoms with van der Waals surface area (Å²) in [6.07, 6.45) is -18.4. The van der Waals surface area contributed by atoms with E-state index in [4.69, 9.17) is 9.47 Å². The van der Waals surface area contributed by atoms with E-state index in [1.165, 1.54) is 13.8 Å². The summed E-state index contributed by atoms with van der Waals surface area (Å²) in [6.45, 7) is 2.88. The molecule has 0 aromatic rings. The molecule has 0 bridgehead atoms. The van der Waals surface area contributed by atoms with Crippen LogP contribution in [0.5, 0.6) is 0 Å². The number of halogens is 6. The Hall–Kier alpha value is -0.910. The third-order valence-electron chi connectivity index (χ3n) is 4.03. The molecule has 28 heavy (non-hydrogen) atoms. The van der Waals surface area contributed by atoms with Gasteiger partial charge in [-0.1, -0.05) is 0 Å². The summed E-state index contributed by atoms with van der Waals surface area (Å²) in [7, 11) is 0. The first-order valence-corrected chi connectivity index (χ1v) is 9.09. The first-order chi connectivity index (χ1) is 12.8. The third-order valence-corrected chi connectivity index (χ3v) is 4.03. The van der Waals surface area contributed by atoms with E-state index in [9.17, 15) is 41.4 Å². The van der Waals surface area contributed by atoms with Crippen molar-refractivity contribution in [3.63, 3.8) is 0 Å². The molecule has 4 atom stereocenters. The lowest BCUT2D eigenvalue weighted by molar-refractivity contribution is -0.237. The van der Waals surface area contributed by atoms with E-state index in [1.54, 1.807) is 0 Å². The van der Waals surface area contributed by atoms with Crippen LogP contribution >= 0.6 is 0 Å². The Bertz CT molecular complexity index is 403. The number of carbonyl (C=O) groups is 1.